The Balaban J connectivity index is 1.88. The minimum atomic E-state index is 0.210. The van der Waals surface area contributed by atoms with Crippen LogP contribution >= 0.6 is 0 Å². The highest BCUT2D eigenvalue weighted by Gasteiger charge is 2.05. The van der Waals surface area contributed by atoms with E-state index in [-0.39, 0.29) is 5.78 Å². The van der Waals surface area contributed by atoms with Crippen LogP contribution in [-0.4, -0.2) is 5.78 Å². The highest BCUT2D eigenvalue weighted by Crippen LogP contribution is 2.11. The Labute approximate surface area is 121 Å². The van der Waals surface area contributed by atoms with Crippen molar-refractivity contribution in [1.82, 2.24) is 0 Å². The first-order chi connectivity index (χ1) is 9.79. The van der Waals surface area contributed by atoms with Crippen LogP contribution in [-0.2, 0) is 12.8 Å². The summed E-state index contributed by atoms with van der Waals surface area (Å²) in [5.74, 6) is 0.210. The molecule has 0 spiro atoms. The highest BCUT2D eigenvalue weighted by molar-refractivity contribution is 5.96. The first-order valence-corrected chi connectivity index (χ1v) is 7.06. The van der Waals surface area contributed by atoms with Crippen LogP contribution in [0.5, 0.6) is 0 Å². The first-order valence-electron chi connectivity index (χ1n) is 7.06. The lowest BCUT2D eigenvalue weighted by Gasteiger charge is -2.04. The van der Waals surface area contributed by atoms with Crippen LogP contribution in [0, 0.1) is 0 Å². The van der Waals surface area contributed by atoms with E-state index in [4.69, 9.17) is 0 Å². The van der Waals surface area contributed by atoms with Crippen molar-refractivity contribution in [2.75, 3.05) is 0 Å². The zero-order valence-electron chi connectivity index (χ0n) is 11.7. The van der Waals surface area contributed by atoms with E-state index in [2.05, 4.69) is 30.8 Å². The molecule has 0 saturated carbocycles. The van der Waals surface area contributed by atoms with Gasteiger partial charge >= 0.3 is 0 Å². The van der Waals surface area contributed by atoms with Crippen LogP contribution in [0.25, 0.3) is 0 Å². The lowest BCUT2D eigenvalue weighted by molar-refractivity contribution is 0.0983. The Morgan fingerprint density at radius 2 is 1.50 bits per heavy atom. The summed E-state index contributed by atoms with van der Waals surface area (Å²) >= 11 is 0. The average Bonchev–Trinajstić information content (AvgIpc) is 2.52. The van der Waals surface area contributed by atoms with E-state index < -0.39 is 0 Å². The van der Waals surface area contributed by atoms with Gasteiger partial charge in [0.1, 0.15) is 0 Å². The van der Waals surface area contributed by atoms with Crippen LogP contribution in [0.2, 0.25) is 0 Å². The summed E-state index contributed by atoms with van der Waals surface area (Å²) in [6.07, 6.45) is 5.34. The van der Waals surface area contributed by atoms with Crippen LogP contribution < -0.4 is 0 Å². The molecule has 0 fully saturated rings. The van der Waals surface area contributed by atoms with E-state index in [1.165, 1.54) is 11.1 Å². The van der Waals surface area contributed by atoms with E-state index in [1.54, 1.807) is 0 Å². The quantitative estimate of drug-likeness (QED) is 0.527. The maximum atomic E-state index is 12.0. The molecule has 102 valence electrons. The molecule has 0 N–H and O–H groups in total. The molecule has 1 heteroatoms. The van der Waals surface area contributed by atoms with Gasteiger partial charge in [0, 0.05) is 12.0 Å². The van der Waals surface area contributed by atoms with Crippen molar-refractivity contribution in [3.63, 3.8) is 0 Å². The molecule has 2 aromatic carbocycles. The van der Waals surface area contributed by atoms with Crippen molar-refractivity contribution in [3.05, 3.63) is 83.9 Å². The van der Waals surface area contributed by atoms with Gasteiger partial charge in [-0.25, -0.2) is 0 Å². The number of rotatable bonds is 7. The van der Waals surface area contributed by atoms with Gasteiger partial charge in [-0.2, -0.15) is 0 Å². The topological polar surface area (TPSA) is 17.1 Å². The van der Waals surface area contributed by atoms with E-state index >= 15 is 0 Å². The van der Waals surface area contributed by atoms with Gasteiger partial charge in [0.2, 0.25) is 0 Å². The van der Waals surface area contributed by atoms with Gasteiger partial charge in [0.25, 0.3) is 0 Å². The molecule has 0 amide bonds. The van der Waals surface area contributed by atoms with Gasteiger partial charge in [0.15, 0.2) is 5.78 Å². The number of allylic oxidation sites excluding steroid dienone is 1. The van der Waals surface area contributed by atoms with Crippen molar-refractivity contribution in [2.24, 2.45) is 0 Å². The van der Waals surface area contributed by atoms with Crippen LogP contribution in [0.3, 0.4) is 0 Å². The third-order valence-corrected chi connectivity index (χ3v) is 3.40. The lowest BCUT2D eigenvalue weighted by Crippen LogP contribution is -2.00. The monoisotopic (exact) mass is 264 g/mol. The Morgan fingerprint density at radius 3 is 2.10 bits per heavy atom. The Morgan fingerprint density at radius 1 is 0.900 bits per heavy atom. The molecule has 0 unspecified atom stereocenters. The van der Waals surface area contributed by atoms with Gasteiger partial charge in [-0.3, -0.25) is 4.79 Å². The summed E-state index contributed by atoms with van der Waals surface area (Å²) in [5, 5.41) is 0. The Kier molecular flexibility index (Phi) is 5.31. The SMILES string of the molecule is C=CCCc1ccc(CCC(=O)c2ccccc2)cc1. The summed E-state index contributed by atoms with van der Waals surface area (Å²) in [6, 6.07) is 18.0. The molecule has 0 aromatic heterocycles. The predicted molar refractivity (Wildman–Crippen MR) is 84.1 cm³/mol. The average molecular weight is 264 g/mol. The first kappa shape index (κ1) is 14.3. The smallest absolute Gasteiger partial charge is 0.163 e. The molecule has 0 radical (unpaired) electrons. The number of carbonyl (C=O) groups is 1. The van der Waals surface area contributed by atoms with E-state index in [1.807, 2.05) is 36.4 Å². The molecule has 2 rings (SSSR count). The maximum absolute atomic E-state index is 12.0. The predicted octanol–water partition coefficient (Wildman–Crippen LogP) is 4.62. The van der Waals surface area contributed by atoms with E-state index in [9.17, 15) is 4.79 Å². The van der Waals surface area contributed by atoms with Crippen molar-refractivity contribution in [1.29, 1.82) is 0 Å². The second-order valence-corrected chi connectivity index (χ2v) is 4.93. The number of benzene rings is 2. The molecular weight excluding hydrogens is 244 g/mol. The summed E-state index contributed by atoms with van der Waals surface area (Å²) in [5.41, 5.74) is 3.34. The van der Waals surface area contributed by atoms with E-state index in [0.29, 0.717) is 6.42 Å². The van der Waals surface area contributed by atoms with E-state index in [0.717, 1.165) is 24.8 Å². The minimum absolute atomic E-state index is 0.210. The zero-order chi connectivity index (χ0) is 14.2. The fourth-order valence-electron chi connectivity index (χ4n) is 2.17. The van der Waals surface area contributed by atoms with Gasteiger partial charge in [-0.1, -0.05) is 60.7 Å². The molecule has 0 aliphatic heterocycles. The van der Waals surface area contributed by atoms with Gasteiger partial charge in [-0.05, 0) is 30.4 Å². The molecule has 1 nitrogen and oxygen atoms in total. The van der Waals surface area contributed by atoms with Gasteiger partial charge < -0.3 is 0 Å². The molecule has 0 heterocycles. The van der Waals surface area contributed by atoms with Crippen LogP contribution in [0.1, 0.15) is 34.3 Å². The number of Topliss-reactive ketones (excluding diaryl/α,β-unsaturated/α-hetero) is 1. The molecule has 0 saturated heterocycles. The standard InChI is InChI=1S/C19H20O/c1-2-3-7-16-10-12-17(13-11-16)14-15-19(20)18-8-5-4-6-9-18/h2,4-6,8-13H,1,3,7,14-15H2. The minimum Gasteiger partial charge on any atom is -0.294 e. The maximum Gasteiger partial charge on any atom is 0.163 e. The Bertz CT molecular complexity index is 552. The summed E-state index contributed by atoms with van der Waals surface area (Å²) in [7, 11) is 0. The number of ketones is 1. The second kappa shape index (κ2) is 7.44. The molecule has 0 bridgehead atoms. The highest BCUT2D eigenvalue weighted by atomic mass is 16.1. The van der Waals surface area contributed by atoms with Gasteiger partial charge in [0.05, 0.1) is 0 Å². The molecular formula is C19H20O. The number of hydrogen-bond acceptors (Lipinski definition) is 1. The third-order valence-electron chi connectivity index (χ3n) is 3.40. The number of hydrogen-bond donors (Lipinski definition) is 0. The molecule has 20 heavy (non-hydrogen) atoms. The van der Waals surface area contributed by atoms with Crippen molar-refractivity contribution in [2.45, 2.75) is 25.7 Å². The second-order valence-electron chi connectivity index (χ2n) is 4.93. The Hall–Kier alpha value is -2.15. The summed E-state index contributed by atoms with van der Waals surface area (Å²) < 4.78 is 0. The fraction of sp³-hybridized carbons (Fsp3) is 0.211. The fourth-order valence-corrected chi connectivity index (χ4v) is 2.17. The van der Waals surface area contributed by atoms with Gasteiger partial charge in [-0.15, -0.1) is 6.58 Å². The summed E-state index contributed by atoms with van der Waals surface area (Å²) in [6.45, 7) is 3.73. The number of carbonyl (C=O) groups excluding carboxylic acids is 1. The molecule has 0 aliphatic rings. The number of aryl methyl sites for hydroxylation is 2. The molecule has 2 aromatic rings. The summed E-state index contributed by atoms with van der Waals surface area (Å²) in [4.78, 5) is 12.0. The van der Waals surface area contributed by atoms with Crippen molar-refractivity contribution < 1.29 is 4.79 Å². The zero-order valence-corrected chi connectivity index (χ0v) is 11.7. The largest absolute Gasteiger partial charge is 0.294 e. The van der Waals surface area contributed by atoms with Crippen LogP contribution in [0.15, 0.2) is 67.3 Å². The molecule has 0 atom stereocenters. The van der Waals surface area contributed by atoms with Crippen molar-refractivity contribution >= 4 is 5.78 Å². The third kappa shape index (κ3) is 4.20. The molecule has 0 aliphatic carbocycles. The lowest BCUT2D eigenvalue weighted by atomic mass is 10.0. The van der Waals surface area contributed by atoms with Crippen LogP contribution in [0.4, 0.5) is 0 Å². The normalized spacial score (nSPS) is 10.2. The van der Waals surface area contributed by atoms with Crippen molar-refractivity contribution in [3.8, 4) is 0 Å².